The highest BCUT2D eigenvalue weighted by Crippen LogP contribution is 2.27. The molecule has 1 saturated carbocycles. The predicted octanol–water partition coefficient (Wildman–Crippen LogP) is 4.81. The van der Waals surface area contributed by atoms with E-state index in [1.54, 1.807) is 0 Å². The summed E-state index contributed by atoms with van der Waals surface area (Å²) in [6, 6.07) is 8.74. The van der Waals surface area contributed by atoms with Gasteiger partial charge in [0, 0.05) is 23.5 Å². The lowest BCUT2D eigenvalue weighted by atomic mass is 9.95. The number of hydrogen-bond donors (Lipinski definition) is 1. The third kappa shape index (κ3) is 3.29. The summed E-state index contributed by atoms with van der Waals surface area (Å²) in [5.74, 6) is 0.113. The molecular weight excluding hydrogens is 284 g/mol. The number of carbonyl (C=O) groups excluding carboxylic acids is 1. The number of fused-ring (bicyclic) bond motifs is 1. The number of benzene rings is 1. The van der Waals surface area contributed by atoms with E-state index in [2.05, 4.69) is 48.0 Å². The van der Waals surface area contributed by atoms with Crippen molar-refractivity contribution in [1.29, 1.82) is 0 Å². The molecule has 0 radical (unpaired) electrons. The summed E-state index contributed by atoms with van der Waals surface area (Å²) in [6.07, 6.45) is 8.27. The van der Waals surface area contributed by atoms with Gasteiger partial charge in [0.05, 0.1) is 0 Å². The quantitative estimate of drug-likeness (QED) is 0.844. The molecule has 1 aliphatic carbocycles. The molecule has 1 N–H and O–H groups in total. The van der Waals surface area contributed by atoms with Crippen LogP contribution in [0.25, 0.3) is 10.9 Å². The number of hydrogen-bond acceptors (Lipinski definition) is 1. The second kappa shape index (κ2) is 7.20. The Morgan fingerprint density at radius 1 is 1.22 bits per heavy atom. The van der Waals surface area contributed by atoms with E-state index < -0.39 is 0 Å². The smallest absolute Gasteiger partial charge is 0.268 e. The molecule has 1 heterocycles. The zero-order valence-electron chi connectivity index (χ0n) is 14.4. The SMILES string of the molecule is CCCCn1c(C(=O)NC2CCCCC2)c(C)c2ccccc21. The van der Waals surface area contributed by atoms with E-state index in [0.717, 1.165) is 43.5 Å². The zero-order chi connectivity index (χ0) is 16.2. The van der Waals surface area contributed by atoms with Crippen molar-refractivity contribution in [2.24, 2.45) is 0 Å². The fourth-order valence-corrected chi connectivity index (χ4v) is 3.82. The highest BCUT2D eigenvalue weighted by molar-refractivity contribution is 6.01. The Labute approximate surface area is 139 Å². The van der Waals surface area contributed by atoms with E-state index in [4.69, 9.17) is 0 Å². The molecule has 1 fully saturated rings. The third-order valence-electron chi connectivity index (χ3n) is 5.11. The molecule has 0 spiro atoms. The Balaban J connectivity index is 1.94. The van der Waals surface area contributed by atoms with Gasteiger partial charge in [0.15, 0.2) is 0 Å². The van der Waals surface area contributed by atoms with Gasteiger partial charge < -0.3 is 9.88 Å². The number of amides is 1. The van der Waals surface area contributed by atoms with Gasteiger partial charge in [-0.3, -0.25) is 4.79 Å². The minimum atomic E-state index is 0.113. The molecule has 0 atom stereocenters. The van der Waals surface area contributed by atoms with Crippen LogP contribution in [0.4, 0.5) is 0 Å². The second-order valence-electron chi connectivity index (χ2n) is 6.80. The maximum atomic E-state index is 13.0. The van der Waals surface area contributed by atoms with E-state index in [1.807, 2.05) is 0 Å². The Morgan fingerprint density at radius 3 is 2.70 bits per heavy atom. The number of nitrogens with zero attached hydrogens (tertiary/aromatic N) is 1. The van der Waals surface area contributed by atoms with E-state index >= 15 is 0 Å². The molecule has 3 heteroatoms. The van der Waals surface area contributed by atoms with Crippen LogP contribution in [0.1, 0.15) is 67.9 Å². The summed E-state index contributed by atoms with van der Waals surface area (Å²) in [7, 11) is 0. The molecule has 3 nitrogen and oxygen atoms in total. The van der Waals surface area contributed by atoms with Crippen LogP contribution < -0.4 is 5.32 Å². The van der Waals surface area contributed by atoms with Crippen molar-refractivity contribution in [3.8, 4) is 0 Å². The maximum absolute atomic E-state index is 13.0. The van der Waals surface area contributed by atoms with Gasteiger partial charge in [-0.25, -0.2) is 0 Å². The number of carbonyl (C=O) groups is 1. The van der Waals surface area contributed by atoms with Gasteiger partial charge in [0.2, 0.25) is 0 Å². The minimum Gasteiger partial charge on any atom is -0.348 e. The Kier molecular flexibility index (Phi) is 5.04. The normalized spacial score (nSPS) is 15.9. The molecule has 2 aromatic rings. The largest absolute Gasteiger partial charge is 0.348 e. The van der Waals surface area contributed by atoms with E-state index in [0.29, 0.717) is 6.04 Å². The summed E-state index contributed by atoms with van der Waals surface area (Å²) in [4.78, 5) is 13.0. The number of unbranched alkanes of at least 4 members (excludes halogenated alkanes) is 1. The molecule has 3 rings (SSSR count). The highest BCUT2D eigenvalue weighted by Gasteiger charge is 2.23. The molecule has 0 saturated heterocycles. The first kappa shape index (κ1) is 16.1. The summed E-state index contributed by atoms with van der Waals surface area (Å²) >= 11 is 0. The van der Waals surface area contributed by atoms with Gasteiger partial charge >= 0.3 is 0 Å². The van der Waals surface area contributed by atoms with Crippen molar-refractivity contribution in [2.45, 2.75) is 71.4 Å². The molecule has 124 valence electrons. The molecule has 1 aromatic heterocycles. The van der Waals surface area contributed by atoms with Gasteiger partial charge in [-0.1, -0.05) is 50.8 Å². The van der Waals surface area contributed by atoms with E-state index in [9.17, 15) is 4.79 Å². The predicted molar refractivity (Wildman–Crippen MR) is 95.9 cm³/mol. The van der Waals surface area contributed by atoms with Crippen LogP contribution in [-0.4, -0.2) is 16.5 Å². The number of aryl methyl sites for hydroxylation is 2. The van der Waals surface area contributed by atoms with Crippen LogP contribution in [0.15, 0.2) is 24.3 Å². The molecule has 0 bridgehead atoms. The second-order valence-corrected chi connectivity index (χ2v) is 6.80. The standard InChI is InChI=1S/C20H28N2O/c1-3-4-14-22-18-13-9-8-12-17(18)15(2)19(22)20(23)21-16-10-6-5-7-11-16/h8-9,12-13,16H,3-7,10-11,14H2,1-2H3,(H,21,23). The van der Waals surface area contributed by atoms with Crippen molar-refractivity contribution in [2.75, 3.05) is 0 Å². The summed E-state index contributed by atoms with van der Waals surface area (Å²) < 4.78 is 2.23. The maximum Gasteiger partial charge on any atom is 0.268 e. The van der Waals surface area contributed by atoms with Crippen molar-refractivity contribution in [3.63, 3.8) is 0 Å². The first-order valence-corrected chi connectivity index (χ1v) is 9.11. The zero-order valence-corrected chi connectivity index (χ0v) is 14.4. The van der Waals surface area contributed by atoms with Crippen molar-refractivity contribution in [1.82, 2.24) is 9.88 Å². The lowest BCUT2D eigenvalue weighted by Crippen LogP contribution is -2.37. The summed E-state index contributed by atoms with van der Waals surface area (Å²) in [5.41, 5.74) is 3.17. The van der Waals surface area contributed by atoms with Gasteiger partial charge in [-0.05, 0) is 37.8 Å². The molecule has 1 aliphatic rings. The summed E-state index contributed by atoms with van der Waals surface area (Å²) in [6.45, 7) is 5.19. The van der Waals surface area contributed by atoms with Crippen LogP contribution in [0, 0.1) is 6.92 Å². The number of aromatic nitrogens is 1. The number of para-hydroxylation sites is 1. The van der Waals surface area contributed by atoms with Crippen molar-refractivity contribution < 1.29 is 4.79 Å². The van der Waals surface area contributed by atoms with Crippen LogP contribution in [0.5, 0.6) is 0 Å². The molecule has 0 aliphatic heterocycles. The average Bonchev–Trinajstić information content (AvgIpc) is 2.86. The first-order valence-electron chi connectivity index (χ1n) is 9.11. The molecule has 1 aromatic carbocycles. The van der Waals surface area contributed by atoms with E-state index in [-0.39, 0.29) is 5.91 Å². The molecule has 1 amide bonds. The van der Waals surface area contributed by atoms with Crippen LogP contribution in [0.2, 0.25) is 0 Å². The van der Waals surface area contributed by atoms with Crippen LogP contribution in [0.3, 0.4) is 0 Å². The molecule has 0 unspecified atom stereocenters. The monoisotopic (exact) mass is 312 g/mol. The Hall–Kier alpha value is -1.77. The Morgan fingerprint density at radius 2 is 1.96 bits per heavy atom. The van der Waals surface area contributed by atoms with Gasteiger partial charge in [0.25, 0.3) is 5.91 Å². The lowest BCUT2D eigenvalue weighted by molar-refractivity contribution is 0.0918. The fraction of sp³-hybridized carbons (Fsp3) is 0.550. The summed E-state index contributed by atoms with van der Waals surface area (Å²) in [5, 5.41) is 4.50. The average molecular weight is 312 g/mol. The van der Waals surface area contributed by atoms with Crippen LogP contribution in [-0.2, 0) is 6.54 Å². The van der Waals surface area contributed by atoms with Crippen LogP contribution >= 0.6 is 0 Å². The number of rotatable bonds is 5. The van der Waals surface area contributed by atoms with Gasteiger partial charge in [-0.2, -0.15) is 0 Å². The first-order chi connectivity index (χ1) is 11.2. The number of nitrogens with one attached hydrogen (secondary N) is 1. The lowest BCUT2D eigenvalue weighted by Gasteiger charge is -2.23. The van der Waals surface area contributed by atoms with Crippen molar-refractivity contribution >= 4 is 16.8 Å². The van der Waals surface area contributed by atoms with Crippen molar-refractivity contribution in [3.05, 3.63) is 35.5 Å². The van der Waals surface area contributed by atoms with Gasteiger partial charge in [0.1, 0.15) is 5.69 Å². The topological polar surface area (TPSA) is 34.0 Å². The molecule has 23 heavy (non-hydrogen) atoms. The van der Waals surface area contributed by atoms with Gasteiger partial charge in [-0.15, -0.1) is 0 Å². The minimum absolute atomic E-state index is 0.113. The highest BCUT2D eigenvalue weighted by atomic mass is 16.2. The third-order valence-corrected chi connectivity index (χ3v) is 5.11. The van der Waals surface area contributed by atoms with E-state index in [1.165, 1.54) is 30.2 Å². The molecular formula is C20H28N2O. The Bertz CT molecular complexity index is 680. The fourth-order valence-electron chi connectivity index (χ4n) is 3.82.